The van der Waals surface area contributed by atoms with Crippen molar-refractivity contribution in [3.63, 3.8) is 0 Å². The van der Waals surface area contributed by atoms with Crippen LogP contribution in [0.25, 0.3) is 0 Å². The van der Waals surface area contributed by atoms with Crippen LogP contribution in [-0.2, 0) is 6.42 Å². The second-order valence-electron chi connectivity index (χ2n) is 4.53. The summed E-state index contributed by atoms with van der Waals surface area (Å²) >= 11 is 3.27. The van der Waals surface area contributed by atoms with E-state index in [1.54, 1.807) is 19.2 Å². The molecule has 0 amide bonds. The molecule has 1 N–H and O–H groups in total. The SMILES string of the molecule is CCNC(Cc1cc(OC)ncn1)c1ccc(Br)cc1F. The molecule has 0 radical (unpaired) electrons. The van der Waals surface area contributed by atoms with E-state index in [1.165, 1.54) is 12.4 Å². The second-order valence-corrected chi connectivity index (χ2v) is 5.45. The van der Waals surface area contributed by atoms with E-state index in [9.17, 15) is 4.39 Å². The molecule has 0 aliphatic rings. The van der Waals surface area contributed by atoms with Gasteiger partial charge in [0.15, 0.2) is 0 Å². The first-order valence-electron chi connectivity index (χ1n) is 6.67. The number of likely N-dealkylation sites (N-methyl/N-ethyl adjacent to an activating group) is 1. The third-order valence-electron chi connectivity index (χ3n) is 3.11. The number of rotatable bonds is 6. The lowest BCUT2D eigenvalue weighted by molar-refractivity contribution is 0.395. The highest BCUT2D eigenvalue weighted by Gasteiger charge is 2.16. The van der Waals surface area contributed by atoms with E-state index in [-0.39, 0.29) is 11.9 Å². The van der Waals surface area contributed by atoms with Crippen LogP contribution in [0.4, 0.5) is 4.39 Å². The van der Waals surface area contributed by atoms with E-state index in [1.807, 2.05) is 13.0 Å². The lowest BCUT2D eigenvalue weighted by Crippen LogP contribution is -2.24. The van der Waals surface area contributed by atoms with Crippen LogP contribution in [0.15, 0.2) is 35.1 Å². The van der Waals surface area contributed by atoms with Crippen molar-refractivity contribution in [2.45, 2.75) is 19.4 Å². The Hall–Kier alpha value is -1.53. The minimum absolute atomic E-state index is 0.150. The zero-order valence-corrected chi connectivity index (χ0v) is 13.5. The van der Waals surface area contributed by atoms with Crippen LogP contribution >= 0.6 is 15.9 Å². The maximum Gasteiger partial charge on any atom is 0.216 e. The summed E-state index contributed by atoms with van der Waals surface area (Å²) in [6.07, 6.45) is 2.01. The fourth-order valence-corrected chi connectivity index (χ4v) is 2.47. The maximum absolute atomic E-state index is 14.1. The van der Waals surface area contributed by atoms with Gasteiger partial charge >= 0.3 is 0 Å². The Bertz CT molecular complexity index is 609. The van der Waals surface area contributed by atoms with Crippen LogP contribution in [0.2, 0.25) is 0 Å². The number of ether oxygens (including phenoxy) is 1. The molecule has 0 aliphatic carbocycles. The van der Waals surface area contributed by atoms with E-state index >= 15 is 0 Å². The van der Waals surface area contributed by atoms with Crippen molar-refractivity contribution in [3.8, 4) is 5.88 Å². The quantitative estimate of drug-likeness (QED) is 0.865. The van der Waals surface area contributed by atoms with E-state index in [0.29, 0.717) is 17.9 Å². The maximum atomic E-state index is 14.1. The second kappa shape index (κ2) is 7.47. The number of methoxy groups -OCH3 is 1. The molecular weight excluding hydrogens is 337 g/mol. The summed E-state index contributed by atoms with van der Waals surface area (Å²) in [5, 5.41) is 3.29. The Balaban J connectivity index is 2.26. The molecule has 2 aromatic rings. The first-order chi connectivity index (χ1) is 10.1. The molecule has 6 heteroatoms. The van der Waals surface area contributed by atoms with Gasteiger partial charge in [0.25, 0.3) is 0 Å². The fourth-order valence-electron chi connectivity index (χ4n) is 2.13. The van der Waals surface area contributed by atoms with Gasteiger partial charge in [-0.05, 0) is 18.7 Å². The standard InChI is InChI=1S/C15H17BrFN3O/c1-3-18-14(12-5-4-10(16)6-13(12)17)7-11-8-15(21-2)20-9-19-11/h4-6,8-9,14,18H,3,7H2,1-2H3. The normalized spacial score (nSPS) is 12.2. The molecule has 4 nitrogen and oxygen atoms in total. The first kappa shape index (κ1) is 15.9. The Morgan fingerprint density at radius 1 is 1.33 bits per heavy atom. The predicted octanol–water partition coefficient (Wildman–Crippen LogP) is 3.28. The average Bonchev–Trinajstić information content (AvgIpc) is 2.47. The zero-order chi connectivity index (χ0) is 15.2. The number of aromatic nitrogens is 2. The highest BCUT2D eigenvalue weighted by atomic mass is 79.9. The van der Waals surface area contributed by atoms with Crippen molar-refractivity contribution in [2.75, 3.05) is 13.7 Å². The van der Waals surface area contributed by atoms with E-state index in [0.717, 1.165) is 16.7 Å². The van der Waals surface area contributed by atoms with Crippen LogP contribution < -0.4 is 10.1 Å². The van der Waals surface area contributed by atoms with Gasteiger partial charge in [-0.3, -0.25) is 0 Å². The van der Waals surface area contributed by atoms with Gasteiger partial charge in [-0.25, -0.2) is 14.4 Å². The van der Waals surface area contributed by atoms with Crippen LogP contribution in [-0.4, -0.2) is 23.6 Å². The minimum Gasteiger partial charge on any atom is -0.481 e. The Morgan fingerprint density at radius 3 is 2.81 bits per heavy atom. The van der Waals surface area contributed by atoms with Gasteiger partial charge in [-0.1, -0.05) is 28.9 Å². The molecule has 0 fully saturated rings. The molecule has 112 valence electrons. The van der Waals surface area contributed by atoms with Gasteiger partial charge in [-0.15, -0.1) is 0 Å². The van der Waals surface area contributed by atoms with Crippen LogP contribution in [0.5, 0.6) is 5.88 Å². The van der Waals surface area contributed by atoms with E-state index < -0.39 is 0 Å². The monoisotopic (exact) mass is 353 g/mol. The molecular formula is C15H17BrFN3O. The number of hydrogen-bond donors (Lipinski definition) is 1. The summed E-state index contributed by atoms with van der Waals surface area (Å²) in [7, 11) is 1.56. The van der Waals surface area contributed by atoms with Gasteiger partial charge in [0.2, 0.25) is 5.88 Å². The molecule has 0 spiro atoms. The van der Waals surface area contributed by atoms with Crippen LogP contribution in [0, 0.1) is 5.82 Å². The Labute approximate surface area is 131 Å². The molecule has 1 aromatic carbocycles. The largest absolute Gasteiger partial charge is 0.481 e. The zero-order valence-electron chi connectivity index (χ0n) is 11.9. The molecule has 2 rings (SSSR count). The third kappa shape index (κ3) is 4.22. The topological polar surface area (TPSA) is 47.0 Å². The summed E-state index contributed by atoms with van der Waals surface area (Å²) in [5.41, 5.74) is 1.42. The fraction of sp³-hybridized carbons (Fsp3) is 0.333. The van der Waals surface area contributed by atoms with Crippen molar-refractivity contribution in [1.29, 1.82) is 0 Å². The van der Waals surface area contributed by atoms with E-state index in [4.69, 9.17) is 4.74 Å². The van der Waals surface area contributed by atoms with Crippen molar-refractivity contribution >= 4 is 15.9 Å². The van der Waals surface area contributed by atoms with Gasteiger partial charge in [0, 0.05) is 34.3 Å². The molecule has 21 heavy (non-hydrogen) atoms. The summed E-state index contributed by atoms with van der Waals surface area (Å²) < 4.78 is 20.0. The predicted molar refractivity (Wildman–Crippen MR) is 82.8 cm³/mol. The highest BCUT2D eigenvalue weighted by Crippen LogP contribution is 2.24. The lowest BCUT2D eigenvalue weighted by Gasteiger charge is -2.19. The minimum atomic E-state index is -0.239. The molecule has 0 saturated carbocycles. The first-order valence-corrected chi connectivity index (χ1v) is 7.46. The van der Waals surface area contributed by atoms with Gasteiger partial charge < -0.3 is 10.1 Å². The van der Waals surface area contributed by atoms with Crippen molar-refractivity contribution in [1.82, 2.24) is 15.3 Å². The molecule has 1 unspecified atom stereocenters. The summed E-state index contributed by atoms with van der Waals surface area (Å²) in [6.45, 7) is 2.73. The average molecular weight is 354 g/mol. The molecule has 1 atom stereocenters. The molecule has 0 aliphatic heterocycles. The highest BCUT2D eigenvalue weighted by molar-refractivity contribution is 9.10. The molecule has 0 bridgehead atoms. The van der Waals surface area contributed by atoms with Gasteiger partial charge in [-0.2, -0.15) is 0 Å². The van der Waals surface area contributed by atoms with Crippen molar-refractivity contribution in [3.05, 3.63) is 52.1 Å². The van der Waals surface area contributed by atoms with Gasteiger partial charge in [0.05, 0.1) is 7.11 Å². The Morgan fingerprint density at radius 2 is 2.14 bits per heavy atom. The van der Waals surface area contributed by atoms with E-state index in [2.05, 4.69) is 31.2 Å². The third-order valence-corrected chi connectivity index (χ3v) is 3.60. The smallest absolute Gasteiger partial charge is 0.216 e. The molecule has 1 heterocycles. The van der Waals surface area contributed by atoms with Gasteiger partial charge in [0.1, 0.15) is 12.1 Å². The van der Waals surface area contributed by atoms with Crippen LogP contribution in [0.1, 0.15) is 24.2 Å². The lowest BCUT2D eigenvalue weighted by atomic mass is 10.0. The number of hydrogen-bond acceptors (Lipinski definition) is 4. The number of nitrogens with zero attached hydrogens (tertiary/aromatic N) is 2. The number of nitrogens with one attached hydrogen (secondary N) is 1. The number of halogens is 2. The van der Waals surface area contributed by atoms with Crippen molar-refractivity contribution in [2.24, 2.45) is 0 Å². The number of benzene rings is 1. The Kier molecular flexibility index (Phi) is 5.64. The van der Waals surface area contributed by atoms with Crippen LogP contribution in [0.3, 0.4) is 0 Å². The molecule has 1 aromatic heterocycles. The molecule has 0 saturated heterocycles. The summed E-state index contributed by atoms with van der Waals surface area (Å²) in [5.74, 6) is 0.267. The summed E-state index contributed by atoms with van der Waals surface area (Å²) in [6, 6.07) is 6.71. The van der Waals surface area contributed by atoms with Crippen molar-refractivity contribution < 1.29 is 9.13 Å². The summed E-state index contributed by atoms with van der Waals surface area (Å²) in [4.78, 5) is 8.20.